The van der Waals surface area contributed by atoms with Crippen molar-refractivity contribution in [2.24, 2.45) is 4.99 Å². The summed E-state index contributed by atoms with van der Waals surface area (Å²) < 4.78 is 17.9. The summed E-state index contributed by atoms with van der Waals surface area (Å²) in [4.78, 5) is 8.62. The standard InChI is InChI=1S/C18H32N4O2S.HI/c1-6-25(23)14-9-7-8-13(10-14)22-17(19-5)21-12-16-20-11-15(24-16)18(2,3)4;/h11,13-14H,6-10,12H2,1-5H3,(H2,19,21,22);1H. The van der Waals surface area contributed by atoms with Crippen LogP contribution in [-0.2, 0) is 22.8 Å². The van der Waals surface area contributed by atoms with Gasteiger partial charge in [-0.05, 0) is 19.3 Å². The van der Waals surface area contributed by atoms with E-state index in [0.29, 0.717) is 23.7 Å². The van der Waals surface area contributed by atoms with E-state index in [-0.39, 0.29) is 29.4 Å². The van der Waals surface area contributed by atoms with Gasteiger partial charge >= 0.3 is 0 Å². The van der Waals surface area contributed by atoms with Crippen molar-refractivity contribution in [2.45, 2.75) is 76.6 Å². The molecule has 1 aromatic heterocycles. The third-order valence-electron chi connectivity index (χ3n) is 4.55. The molecule has 0 aromatic carbocycles. The first-order valence-corrected chi connectivity index (χ1v) is 10.5. The summed E-state index contributed by atoms with van der Waals surface area (Å²) >= 11 is 0. The fourth-order valence-electron chi connectivity index (χ4n) is 3.04. The Balaban J connectivity index is 0.00000338. The molecule has 1 aromatic rings. The lowest BCUT2D eigenvalue weighted by molar-refractivity contribution is 0.378. The topological polar surface area (TPSA) is 79.5 Å². The molecule has 26 heavy (non-hydrogen) atoms. The SMILES string of the molecule is CCS(=O)C1CCCC(NC(=NC)NCc2ncc(C(C)(C)C)o2)C1.I. The van der Waals surface area contributed by atoms with Gasteiger partial charge in [0.1, 0.15) is 5.76 Å². The highest BCUT2D eigenvalue weighted by atomic mass is 127. The Bertz CT molecular complexity index is 613. The Morgan fingerprint density at radius 1 is 1.42 bits per heavy atom. The number of rotatable bonds is 5. The van der Waals surface area contributed by atoms with Crippen LogP contribution in [0.5, 0.6) is 0 Å². The average Bonchev–Trinajstić information content (AvgIpc) is 3.07. The summed E-state index contributed by atoms with van der Waals surface area (Å²) in [6, 6.07) is 0.315. The van der Waals surface area contributed by atoms with Gasteiger partial charge in [0.15, 0.2) is 5.96 Å². The third-order valence-corrected chi connectivity index (χ3v) is 6.29. The van der Waals surface area contributed by atoms with Gasteiger partial charge in [-0.15, -0.1) is 24.0 Å². The largest absolute Gasteiger partial charge is 0.443 e. The maximum atomic E-state index is 12.1. The fourth-order valence-corrected chi connectivity index (χ4v) is 4.38. The van der Waals surface area contributed by atoms with Gasteiger partial charge < -0.3 is 15.1 Å². The van der Waals surface area contributed by atoms with E-state index < -0.39 is 10.8 Å². The highest BCUT2D eigenvalue weighted by Gasteiger charge is 2.26. The zero-order chi connectivity index (χ0) is 18.4. The predicted octanol–water partition coefficient (Wildman–Crippen LogP) is 3.33. The van der Waals surface area contributed by atoms with Crippen LogP contribution in [0.25, 0.3) is 0 Å². The number of nitrogens with zero attached hydrogens (tertiary/aromatic N) is 2. The van der Waals surface area contributed by atoms with Gasteiger partial charge in [-0.2, -0.15) is 0 Å². The molecule has 150 valence electrons. The maximum Gasteiger partial charge on any atom is 0.213 e. The monoisotopic (exact) mass is 496 g/mol. The Hall–Kier alpha value is -0.640. The summed E-state index contributed by atoms with van der Waals surface area (Å²) in [6.07, 6.45) is 5.99. The van der Waals surface area contributed by atoms with Crippen molar-refractivity contribution in [3.05, 3.63) is 17.8 Å². The van der Waals surface area contributed by atoms with E-state index in [1.165, 1.54) is 0 Å². The first-order chi connectivity index (χ1) is 11.8. The highest BCUT2D eigenvalue weighted by molar-refractivity contribution is 14.0. The van der Waals surface area contributed by atoms with Crippen molar-refractivity contribution >= 4 is 40.7 Å². The van der Waals surface area contributed by atoms with Crippen LogP contribution in [0, 0.1) is 0 Å². The molecule has 1 fully saturated rings. The molecule has 0 amide bonds. The molecule has 3 atom stereocenters. The van der Waals surface area contributed by atoms with E-state index in [2.05, 4.69) is 41.4 Å². The average molecular weight is 496 g/mol. The molecule has 0 bridgehead atoms. The van der Waals surface area contributed by atoms with Crippen LogP contribution >= 0.6 is 24.0 Å². The summed E-state index contributed by atoms with van der Waals surface area (Å²) in [7, 11) is 1.04. The van der Waals surface area contributed by atoms with Gasteiger partial charge in [-0.25, -0.2) is 4.98 Å². The Morgan fingerprint density at radius 3 is 2.73 bits per heavy atom. The van der Waals surface area contributed by atoms with Crippen LogP contribution < -0.4 is 10.6 Å². The molecule has 2 rings (SSSR count). The minimum Gasteiger partial charge on any atom is -0.443 e. The second-order valence-corrected chi connectivity index (χ2v) is 9.60. The van der Waals surface area contributed by atoms with Crippen molar-refractivity contribution in [3.8, 4) is 0 Å². The molecule has 1 aliphatic carbocycles. The first-order valence-electron chi connectivity index (χ1n) is 9.13. The van der Waals surface area contributed by atoms with Crippen LogP contribution in [0.1, 0.15) is 65.0 Å². The zero-order valence-electron chi connectivity index (χ0n) is 16.5. The minimum atomic E-state index is -0.715. The van der Waals surface area contributed by atoms with Crippen LogP contribution in [-0.4, -0.2) is 39.2 Å². The van der Waals surface area contributed by atoms with E-state index in [4.69, 9.17) is 4.42 Å². The number of oxazole rings is 1. The second-order valence-electron chi connectivity index (χ2n) is 7.59. The van der Waals surface area contributed by atoms with Gasteiger partial charge in [-0.1, -0.05) is 34.1 Å². The Morgan fingerprint density at radius 2 is 2.15 bits per heavy atom. The molecule has 2 N–H and O–H groups in total. The van der Waals surface area contributed by atoms with E-state index >= 15 is 0 Å². The van der Waals surface area contributed by atoms with Gasteiger partial charge in [0.05, 0.1) is 12.7 Å². The minimum absolute atomic E-state index is 0. The molecule has 8 heteroatoms. The third kappa shape index (κ3) is 6.83. The molecular formula is C18H33IN4O2S. The summed E-state index contributed by atoms with van der Waals surface area (Å²) in [5.74, 6) is 3.01. The van der Waals surface area contributed by atoms with Crippen LogP contribution in [0.2, 0.25) is 0 Å². The smallest absolute Gasteiger partial charge is 0.213 e. The Kier molecular flexibility index (Phi) is 9.57. The maximum absolute atomic E-state index is 12.1. The second kappa shape index (κ2) is 10.6. The molecule has 1 aliphatic rings. The van der Waals surface area contributed by atoms with E-state index in [1.54, 1.807) is 13.2 Å². The highest BCUT2D eigenvalue weighted by Crippen LogP contribution is 2.23. The van der Waals surface area contributed by atoms with Crippen LogP contribution in [0.3, 0.4) is 0 Å². The van der Waals surface area contributed by atoms with E-state index in [9.17, 15) is 4.21 Å². The molecule has 1 heterocycles. The van der Waals surface area contributed by atoms with Gasteiger partial charge in [0.25, 0.3) is 0 Å². The number of hydrogen-bond acceptors (Lipinski definition) is 4. The lowest BCUT2D eigenvalue weighted by Gasteiger charge is -2.30. The first kappa shape index (κ1) is 23.4. The quantitative estimate of drug-likeness (QED) is 0.372. The zero-order valence-corrected chi connectivity index (χ0v) is 19.6. The fraction of sp³-hybridized carbons (Fsp3) is 0.778. The van der Waals surface area contributed by atoms with Crippen LogP contribution in [0.15, 0.2) is 15.6 Å². The molecule has 1 saturated carbocycles. The van der Waals surface area contributed by atoms with Gasteiger partial charge in [-0.3, -0.25) is 9.20 Å². The molecule has 0 aliphatic heterocycles. The summed E-state index contributed by atoms with van der Waals surface area (Å²) in [5.41, 5.74) is -0.0444. The van der Waals surface area contributed by atoms with Gasteiger partial charge in [0, 0.05) is 40.3 Å². The number of aromatic nitrogens is 1. The lowest BCUT2D eigenvalue weighted by Crippen LogP contribution is -2.46. The number of halogens is 1. The lowest BCUT2D eigenvalue weighted by atomic mass is 9.94. The van der Waals surface area contributed by atoms with Gasteiger partial charge in [0.2, 0.25) is 5.89 Å². The predicted molar refractivity (Wildman–Crippen MR) is 119 cm³/mol. The van der Waals surface area contributed by atoms with Crippen molar-refractivity contribution in [3.63, 3.8) is 0 Å². The van der Waals surface area contributed by atoms with Crippen molar-refractivity contribution in [2.75, 3.05) is 12.8 Å². The molecule has 3 unspecified atom stereocenters. The summed E-state index contributed by atoms with van der Waals surface area (Å²) in [5, 5.41) is 7.02. The molecule has 0 spiro atoms. The molecular weight excluding hydrogens is 463 g/mol. The number of guanidine groups is 1. The van der Waals surface area contributed by atoms with E-state index in [1.807, 2.05) is 6.92 Å². The number of aliphatic imine (C=N–C) groups is 1. The molecule has 0 radical (unpaired) electrons. The Labute approximate surface area is 176 Å². The number of hydrogen-bond donors (Lipinski definition) is 2. The van der Waals surface area contributed by atoms with Crippen molar-refractivity contribution in [1.29, 1.82) is 0 Å². The van der Waals surface area contributed by atoms with E-state index in [0.717, 1.165) is 43.2 Å². The molecule has 0 saturated heterocycles. The van der Waals surface area contributed by atoms with Crippen LogP contribution in [0.4, 0.5) is 0 Å². The normalized spacial score (nSPS) is 22.4. The van der Waals surface area contributed by atoms with Crippen molar-refractivity contribution in [1.82, 2.24) is 15.6 Å². The van der Waals surface area contributed by atoms with Crippen molar-refractivity contribution < 1.29 is 8.63 Å². The number of nitrogens with one attached hydrogen (secondary N) is 2. The summed E-state index contributed by atoms with van der Waals surface area (Å²) in [6.45, 7) is 8.80. The molecule has 6 nitrogen and oxygen atoms in total.